The molecule has 0 spiro atoms. The Labute approximate surface area is 113 Å². The zero-order chi connectivity index (χ0) is 13.6. The van der Waals surface area contributed by atoms with Gasteiger partial charge in [-0.05, 0) is 37.3 Å². The summed E-state index contributed by atoms with van der Waals surface area (Å²) in [5.74, 6) is 2.29. The largest absolute Gasteiger partial charge is 0.316 e. The fourth-order valence-electron chi connectivity index (χ4n) is 2.86. The maximum Gasteiger partial charge on any atom is 0.147 e. The third-order valence-electron chi connectivity index (χ3n) is 3.89. The summed E-state index contributed by atoms with van der Waals surface area (Å²) in [6.07, 6.45) is 7.40. The van der Waals surface area contributed by atoms with E-state index in [1.807, 2.05) is 0 Å². The van der Waals surface area contributed by atoms with Gasteiger partial charge in [0.05, 0.1) is 5.75 Å². The Morgan fingerprint density at radius 1 is 1.17 bits per heavy atom. The van der Waals surface area contributed by atoms with Gasteiger partial charge < -0.3 is 5.32 Å². The molecule has 108 valence electrons. The number of nitrogens with one attached hydrogen (secondary N) is 1. The second kappa shape index (κ2) is 7.49. The first kappa shape index (κ1) is 16.0. The molecule has 0 bridgehead atoms. The highest BCUT2D eigenvalue weighted by atomic mass is 32.2. The highest BCUT2D eigenvalue weighted by Gasteiger charge is 2.25. The fourth-order valence-corrected chi connectivity index (χ4v) is 3.59. The van der Waals surface area contributed by atoms with Crippen LogP contribution in [0, 0.1) is 17.8 Å². The summed E-state index contributed by atoms with van der Waals surface area (Å²) in [5.41, 5.74) is 0. The molecule has 0 aromatic rings. The Morgan fingerprint density at radius 3 is 2.28 bits per heavy atom. The maximum absolute atomic E-state index is 11.3. The van der Waals surface area contributed by atoms with E-state index < -0.39 is 9.84 Å². The fraction of sp³-hybridized carbons (Fsp3) is 1.00. The summed E-state index contributed by atoms with van der Waals surface area (Å²) in [5, 5.41) is 3.50. The molecule has 1 atom stereocenters. The van der Waals surface area contributed by atoms with Crippen LogP contribution in [0.1, 0.15) is 46.0 Å². The van der Waals surface area contributed by atoms with E-state index in [0.29, 0.717) is 17.6 Å². The van der Waals surface area contributed by atoms with Gasteiger partial charge in [0.2, 0.25) is 0 Å². The van der Waals surface area contributed by atoms with E-state index in [1.54, 1.807) is 0 Å². The minimum atomic E-state index is -2.82. The van der Waals surface area contributed by atoms with Crippen LogP contribution in [0.5, 0.6) is 0 Å². The Balaban J connectivity index is 2.41. The highest BCUT2D eigenvalue weighted by Crippen LogP contribution is 2.33. The van der Waals surface area contributed by atoms with Crippen LogP contribution in [0.4, 0.5) is 0 Å². The van der Waals surface area contributed by atoms with E-state index in [-0.39, 0.29) is 0 Å². The first-order valence-corrected chi connectivity index (χ1v) is 9.33. The molecule has 1 N–H and O–H groups in total. The van der Waals surface area contributed by atoms with Crippen LogP contribution >= 0.6 is 0 Å². The third kappa shape index (κ3) is 6.74. The SMILES string of the molecule is CC(C)CNCC(CCS(C)(=O)=O)C1CCCC1. The van der Waals surface area contributed by atoms with E-state index in [0.717, 1.165) is 25.4 Å². The summed E-state index contributed by atoms with van der Waals surface area (Å²) in [6, 6.07) is 0. The van der Waals surface area contributed by atoms with Gasteiger partial charge in [-0.25, -0.2) is 8.42 Å². The lowest BCUT2D eigenvalue weighted by molar-refractivity contribution is 0.310. The zero-order valence-corrected chi connectivity index (χ0v) is 12.9. The van der Waals surface area contributed by atoms with Gasteiger partial charge in [-0.1, -0.05) is 39.5 Å². The van der Waals surface area contributed by atoms with Gasteiger partial charge in [0, 0.05) is 6.26 Å². The molecule has 0 radical (unpaired) electrons. The number of hydrogen-bond donors (Lipinski definition) is 1. The average Bonchev–Trinajstić information content (AvgIpc) is 2.74. The van der Waals surface area contributed by atoms with E-state index in [9.17, 15) is 8.42 Å². The predicted molar refractivity (Wildman–Crippen MR) is 77.5 cm³/mol. The summed E-state index contributed by atoms with van der Waals surface area (Å²) >= 11 is 0. The van der Waals surface area contributed by atoms with Crippen LogP contribution in [-0.4, -0.2) is 33.5 Å². The molecular formula is C14H29NO2S. The van der Waals surface area contributed by atoms with Crippen molar-refractivity contribution in [3.05, 3.63) is 0 Å². The van der Waals surface area contributed by atoms with Crippen molar-refractivity contribution in [2.24, 2.45) is 17.8 Å². The first-order chi connectivity index (χ1) is 8.38. The molecule has 4 heteroatoms. The Kier molecular flexibility index (Phi) is 6.64. The Bertz CT molecular complexity index is 319. The molecule has 1 aliphatic rings. The average molecular weight is 275 g/mol. The van der Waals surface area contributed by atoms with Crippen molar-refractivity contribution >= 4 is 9.84 Å². The number of sulfone groups is 1. The van der Waals surface area contributed by atoms with Gasteiger partial charge in [-0.15, -0.1) is 0 Å². The molecule has 1 aliphatic carbocycles. The third-order valence-corrected chi connectivity index (χ3v) is 4.86. The summed E-state index contributed by atoms with van der Waals surface area (Å²) in [7, 11) is -2.82. The van der Waals surface area contributed by atoms with E-state index in [2.05, 4.69) is 19.2 Å². The zero-order valence-electron chi connectivity index (χ0n) is 12.1. The van der Waals surface area contributed by atoms with Gasteiger partial charge in [0.25, 0.3) is 0 Å². The van der Waals surface area contributed by atoms with E-state index >= 15 is 0 Å². The molecule has 0 amide bonds. The molecule has 3 nitrogen and oxygen atoms in total. The molecule has 0 aliphatic heterocycles. The lowest BCUT2D eigenvalue weighted by Crippen LogP contribution is -2.31. The topological polar surface area (TPSA) is 46.2 Å². The molecule has 1 rings (SSSR count). The van der Waals surface area contributed by atoms with Gasteiger partial charge in [0.1, 0.15) is 9.84 Å². The molecule has 0 heterocycles. The van der Waals surface area contributed by atoms with Crippen molar-refractivity contribution in [2.45, 2.75) is 46.0 Å². The van der Waals surface area contributed by atoms with E-state index in [4.69, 9.17) is 0 Å². The van der Waals surface area contributed by atoms with Crippen LogP contribution < -0.4 is 5.32 Å². The Morgan fingerprint density at radius 2 is 1.78 bits per heavy atom. The van der Waals surface area contributed by atoms with Gasteiger partial charge >= 0.3 is 0 Å². The molecule has 0 aromatic carbocycles. The maximum atomic E-state index is 11.3. The van der Waals surface area contributed by atoms with Crippen molar-refractivity contribution in [3.63, 3.8) is 0 Å². The second-order valence-electron chi connectivity index (χ2n) is 6.28. The second-order valence-corrected chi connectivity index (χ2v) is 8.54. The van der Waals surface area contributed by atoms with Crippen LogP contribution in [0.25, 0.3) is 0 Å². The Hall–Kier alpha value is -0.0900. The van der Waals surface area contributed by atoms with Crippen LogP contribution in [-0.2, 0) is 9.84 Å². The minimum absolute atomic E-state index is 0.345. The van der Waals surface area contributed by atoms with Crippen molar-refractivity contribution in [3.8, 4) is 0 Å². The molecule has 1 saturated carbocycles. The summed E-state index contributed by atoms with van der Waals surface area (Å²) < 4.78 is 22.6. The van der Waals surface area contributed by atoms with Crippen molar-refractivity contribution < 1.29 is 8.42 Å². The molecule has 0 saturated heterocycles. The smallest absolute Gasteiger partial charge is 0.147 e. The predicted octanol–water partition coefficient (Wildman–Crippen LogP) is 2.47. The van der Waals surface area contributed by atoms with Gasteiger partial charge in [0.15, 0.2) is 0 Å². The first-order valence-electron chi connectivity index (χ1n) is 7.27. The van der Waals surface area contributed by atoms with Crippen molar-refractivity contribution in [2.75, 3.05) is 25.1 Å². The van der Waals surface area contributed by atoms with E-state index in [1.165, 1.54) is 31.9 Å². The lowest BCUT2D eigenvalue weighted by atomic mass is 9.88. The van der Waals surface area contributed by atoms with Crippen LogP contribution in [0.2, 0.25) is 0 Å². The molecule has 1 fully saturated rings. The van der Waals surface area contributed by atoms with Crippen LogP contribution in [0.3, 0.4) is 0 Å². The molecule has 18 heavy (non-hydrogen) atoms. The number of rotatable bonds is 8. The van der Waals surface area contributed by atoms with Gasteiger partial charge in [-0.2, -0.15) is 0 Å². The standard InChI is InChI=1S/C14H29NO2S/c1-12(2)10-15-11-14(8-9-18(3,16)17)13-6-4-5-7-13/h12-15H,4-11H2,1-3H3. The quantitative estimate of drug-likeness (QED) is 0.740. The van der Waals surface area contributed by atoms with Gasteiger partial charge in [-0.3, -0.25) is 0 Å². The highest BCUT2D eigenvalue weighted by molar-refractivity contribution is 7.90. The molecule has 0 aromatic heterocycles. The molecular weight excluding hydrogens is 246 g/mol. The monoisotopic (exact) mass is 275 g/mol. The normalized spacial score (nSPS) is 19.6. The number of hydrogen-bond acceptors (Lipinski definition) is 3. The van der Waals surface area contributed by atoms with Crippen molar-refractivity contribution in [1.29, 1.82) is 0 Å². The summed E-state index contributed by atoms with van der Waals surface area (Å²) in [4.78, 5) is 0. The summed E-state index contributed by atoms with van der Waals surface area (Å²) in [6.45, 7) is 6.42. The minimum Gasteiger partial charge on any atom is -0.316 e. The van der Waals surface area contributed by atoms with Crippen molar-refractivity contribution in [1.82, 2.24) is 5.32 Å². The molecule has 1 unspecified atom stereocenters. The van der Waals surface area contributed by atoms with Crippen LogP contribution in [0.15, 0.2) is 0 Å². The lowest BCUT2D eigenvalue weighted by Gasteiger charge is -2.24.